The summed E-state index contributed by atoms with van der Waals surface area (Å²) < 4.78 is 4.37. The molecule has 0 spiro atoms. The molecule has 0 saturated heterocycles. The predicted molar refractivity (Wildman–Crippen MR) is 101 cm³/mol. The van der Waals surface area contributed by atoms with Crippen LogP contribution < -0.4 is 0 Å². The molecule has 0 aromatic heterocycles. The van der Waals surface area contributed by atoms with Crippen LogP contribution in [0.3, 0.4) is 0 Å². The lowest BCUT2D eigenvalue weighted by Crippen LogP contribution is -1.94. The Morgan fingerprint density at radius 3 is 2.29 bits per heavy atom. The van der Waals surface area contributed by atoms with Crippen molar-refractivity contribution in [1.29, 1.82) is 0 Å². The maximum absolute atomic E-state index is 11.5. The van der Waals surface area contributed by atoms with E-state index in [2.05, 4.69) is 24.7 Å². The van der Waals surface area contributed by atoms with E-state index >= 15 is 0 Å². The lowest BCUT2D eigenvalue weighted by atomic mass is 10.1. The van der Waals surface area contributed by atoms with Crippen molar-refractivity contribution in [3.8, 4) is 0 Å². The number of ether oxygens (including phenoxy) is 1. The molecular weight excluding hydrogens is 300 g/mol. The summed E-state index contributed by atoms with van der Waals surface area (Å²) in [6.45, 7) is 4.25. The highest BCUT2D eigenvalue weighted by atomic mass is 16.5. The number of esters is 1. The summed E-state index contributed by atoms with van der Waals surface area (Å²) in [5.41, 5.74) is 0. The average molecular weight is 337 g/mol. The van der Waals surface area contributed by atoms with Crippen LogP contribution in [-0.4, -0.2) is 18.9 Å². The second kappa shape index (κ2) is 16.5. The van der Waals surface area contributed by atoms with Gasteiger partial charge < -0.3 is 4.74 Å². The second-order valence-corrected chi connectivity index (χ2v) is 6.39. The average Bonchev–Trinajstić information content (AvgIpc) is 3.11. The molecule has 3 heteroatoms. The van der Waals surface area contributed by atoms with Crippen LogP contribution in [0.1, 0.15) is 84.5 Å². The van der Waals surface area contributed by atoms with Crippen LogP contribution >= 0.6 is 0 Å². The van der Waals surface area contributed by atoms with Gasteiger partial charge in [-0.3, -0.25) is 4.79 Å². The zero-order valence-corrected chi connectivity index (χ0v) is 15.9. The summed E-state index contributed by atoms with van der Waals surface area (Å²) in [7, 11) is 1.37. The highest BCUT2D eigenvalue weighted by Gasteiger charge is 2.11. The topological polar surface area (TPSA) is 43.4 Å². The Balaban J connectivity index is 0.000000506. The number of hydrogen-bond acceptors (Lipinski definition) is 3. The van der Waals surface area contributed by atoms with E-state index in [0.29, 0.717) is 11.7 Å². The van der Waals surface area contributed by atoms with Crippen LogP contribution in [0.4, 0.5) is 0 Å². The molecule has 0 radical (unpaired) electrons. The van der Waals surface area contributed by atoms with Gasteiger partial charge in [-0.2, -0.15) is 0 Å². The molecule has 0 heterocycles. The standard InChI is InChI=1S/C14H24O.C7H12O2/c1-2-3-4-5-10-14(15)12-11-13-8-6-7-9-13;1-3-4-5-6-7(8)9-2/h11-13H,2-10H2,1H3;5-6H,3-4H2,1-2H3/b12-11+;6-5+. The highest BCUT2D eigenvalue weighted by molar-refractivity contribution is 5.89. The van der Waals surface area contributed by atoms with Crippen molar-refractivity contribution in [2.75, 3.05) is 7.11 Å². The van der Waals surface area contributed by atoms with Gasteiger partial charge in [-0.15, -0.1) is 0 Å². The number of ketones is 1. The van der Waals surface area contributed by atoms with Crippen molar-refractivity contribution < 1.29 is 14.3 Å². The monoisotopic (exact) mass is 336 g/mol. The van der Waals surface area contributed by atoms with Crippen LogP contribution in [0.2, 0.25) is 0 Å². The molecule has 0 amide bonds. The molecule has 0 aromatic carbocycles. The number of carbonyl (C=O) groups is 2. The van der Waals surface area contributed by atoms with E-state index in [1.807, 2.05) is 12.2 Å². The first-order valence-corrected chi connectivity index (χ1v) is 9.59. The maximum atomic E-state index is 11.5. The van der Waals surface area contributed by atoms with Gasteiger partial charge in [-0.1, -0.05) is 64.5 Å². The molecule has 1 fully saturated rings. The molecule has 1 saturated carbocycles. The largest absolute Gasteiger partial charge is 0.466 e. The van der Waals surface area contributed by atoms with Gasteiger partial charge in [0.2, 0.25) is 0 Å². The minimum atomic E-state index is -0.275. The number of allylic oxidation sites excluding steroid dienone is 3. The molecule has 0 aliphatic heterocycles. The third kappa shape index (κ3) is 14.2. The molecule has 1 aliphatic carbocycles. The molecule has 1 aliphatic rings. The Hall–Kier alpha value is -1.38. The molecule has 0 unspecified atom stereocenters. The fourth-order valence-electron chi connectivity index (χ4n) is 2.62. The summed E-state index contributed by atoms with van der Waals surface area (Å²) in [6, 6.07) is 0. The van der Waals surface area contributed by atoms with Crippen LogP contribution in [-0.2, 0) is 14.3 Å². The van der Waals surface area contributed by atoms with E-state index in [-0.39, 0.29) is 5.97 Å². The summed E-state index contributed by atoms with van der Waals surface area (Å²) >= 11 is 0. The van der Waals surface area contributed by atoms with Gasteiger partial charge in [0.15, 0.2) is 5.78 Å². The van der Waals surface area contributed by atoms with Crippen LogP contribution in [0.25, 0.3) is 0 Å². The molecule has 24 heavy (non-hydrogen) atoms. The maximum Gasteiger partial charge on any atom is 0.330 e. The molecule has 3 nitrogen and oxygen atoms in total. The van der Waals surface area contributed by atoms with Gasteiger partial charge in [0, 0.05) is 12.5 Å². The van der Waals surface area contributed by atoms with E-state index in [9.17, 15) is 9.59 Å². The predicted octanol–water partition coefficient (Wildman–Crippen LogP) is 5.79. The Kier molecular flexibility index (Phi) is 15.5. The van der Waals surface area contributed by atoms with Crippen molar-refractivity contribution in [2.24, 2.45) is 5.92 Å². The summed E-state index contributed by atoms with van der Waals surface area (Å²) in [5, 5.41) is 0. The van der Waals surface area contributed by atoms with Gasteiger partial charge in [0.25, 0.3) is 0 Å². The van der Waals surface area contributed by atoms with Crippen molar-refractivity contribution >= 4 is 11.8 Å². The van der Waals surface area contributed by atoms with Crippen LogP contribution in [0.15, 0.2) is 24.3 Å². The third-order valence-electron chi connectivity index (χ3n) is 4.14. The molecule has 1 rings (SSSR count). The van der Waals surface area contributed by atoms with Gasteiger partial charge in [0.1, 0.15) is 0 Å². The lowest BCUT2D eigenvalue weighted by molar-refractivity contribution is -0.134. The fraction of sp³-hybridized carbons (Fsp3) is 0.714. The third-order valence-corrected chi connectivity index (χ3v) is 4.14. The first kappa shape index (κ1) is 22.6. The first-order chi connectivity index (χ1) is 11.6. The van der Waals surface area contributed by atoms with Crippen molar-refractivity contribution in [3.63, 3.8) is 0 Å². The summed E-state index contributed by atoms with van der Waals surface area (Å²) in [4.78, 5) is 21.9. The number of methoxy groups -OCH3 is 1. The zero-order valence-electron chi connectivity index (χ0n) is 15.9. The highest BCUT2D eigenvalue weighted by Crippen LogP contribution is 2.25. The van der Waals surface area contributed by atoms with E-state index in [1.54, 1.807) is 0 Å². The SMILES string of the molecule is CCC/C=C/C(=O)OC.CCCCCCC(=O)/C=C/C1CCCC1. The number of hydrogen-bond donors (Lipinski definition) is 0. The van der Waals surface area contributed by atoms with Crippen LogP contribution in [0.5, 0.6) is 0 Å². The van der Waals surface area contributed by atoms with E-state index < -0.39 is 0 Å². The first-order valence-electron chi connectivity index (χ1n) is 9.59. The Bertz CT molecular complexity index is 377. The Labute approximate surface area is 148 Å². The van der Waals surface area contributed by atoms with Gasteiger partial charge in [0.05, 0.1) is 7.11 Å². The van der Waals surface area contributed by atoms with Crippen molar-refractivity contribution in [3.05, 3.63) is 24.3 Å². The normalized spacial score (nSPS) is 14.8. The van der Waals surface area contributed by atoms with Gasteiger partial charge >= 0.3 is 5.97 Å². The minimum Gasteiger partial charge on any atom is -0.466 e. The Morgan fingerprint density at radius 1 is 1.00 bits per heavy atom. The summed E-state index contributed by atoms with van der Waals surface area (Å²) in [5.74, 6) is 0.756. The smallest absolute Gasteiger partial charge is 0.330 e. The Morgan fingerprint density at radius 2 is 1.71 bits per heavy atom. The van der Waals surface area contributed by atoms with E-state index in [4.69, 9.17) is 0 Å². The molecule has 138 valence electrons. The molecular formula is C21H36O3. The van der Waals surface area contributed by atoms with Gasteiger partial charge in [-0.25, -0.2) is 4.79 Å². The quantitative estimate of drug-likeness (QED) is 0.288. The molecule has 0 aromatic rings. The minimum absolute atomic E-state index is 0.275. The number of rotatable bonds is 10. The molecule has 0 bridgehead atoms. The van der Waals surface area contributed by atoms with E-state index in [1.165, 1.54) is 58.1 Å². The number of carbonyl (C=O) groups excluding carboxylic acids is 2. The summed E-state index contributed by atoms with van der Waals surface area (Å²) in [6.07, 6.45) is 20.1. The van der Waals surface area contributed by atoms with Crippen LogP contribution in [0, 0.1) is 5.92 Å². The van der Waals surface area contributed by atoms with Crippen molar-refractivity contribution in [1.82, 2.24) is 0 Å². The van der Waals surface area contributed by atoms with E-state index in [0.717, 1.165) is 25.7 Å². The van der Waals surface area contributed by atoms with Crippen molar-refractivity contribution in [2.45, 2.75) is 84.5 Å². The number of unbranched alkanes of at least 4 members (excludes halogenated alkanes) is 4. The second-order valence-electron chi connectivity index (χ2n) is 6.39. The molecule has 0 N–H and O–H groups in total. The molecule has 0 atom stereocenters. The lowest BCUT2D eigenvalue weighted by Gasteiger charge is -2.00. The fourth-order valence-corrected chi connectivity index (χ4v) is 2.62. The zero-order chi connectivity index (χ0) is 18.0. The van der Waals surface area contributed by atoms with Gasteiger partial charge in [-0.05, 0) is 37.7 Å².